The van der Waals surface area contributed by atoms with E-state index >= 15 is 0 Å². The van der Waals surface area contributed by atoms with Gasteiger partial charge < -0.3 is 9.84 Å². The van der Waals surface area contributed by atoms with Crippen molar-refractivity contribution in [2.45, 2.75) is 25.4 Å². The number of benzene rings is 1. The van der Waals surface area contributed by atoms with E-state index in [1.54, 1.807) is 0 Å². The molecule has 5 heteroatoms. The maximum Gasteiger partial charge on any atom is 0.298 e. The number of aromatic nitrogens is 2. The van der Waals surface area contributed by atoms with Crippen LogP contribution in [0.25, 0.3) is 0 Å². The SMILES string of the molecule is OCc1ccccc1Oc1nc(C2CC2)ns1. The first kappa shape index (κ1) is 10.7. The third-order valence-electron chi connectivity index (χ3n) is 2.71. The second-order valence-corrected chi connectivity index (χ2v) is 4.78. The van der Waals surface area contributed by atoms with Crippen molar-refractivity contribution in [3.8, 4) is 10.9 Å². The first-order valence-electron chi connectivity index (χ1n) is 5.57. The molecule has 0 saturated heterocycles. The molecule has 1 fully saturated rings. The van der Waals surface area contributed by atoms with Crippen LogP contribution in [0.2, 0.25) is 0 Å². The van der Waals surface area contributed by atoms with Crippen molar-refractivity contribution in [1.29, 1.82) is 0 Å². The molecule has 0 amide bonds. The number of aliphatic hydroxyl groups is 1. The lowest BCUT2D eigenvalue weighted by atomic mass is 10.2. The second-order valence-electron chi connectivity index (χ2n) is 4.06. The highest BCUT2D eigenvalue weighted by Crippen LogP contribution is 2.40. The van der Waals surface area contributed by atoms with Crippen molar-refractivity contribution in [2.24, 2.45) is 0 Å². The molecule has 3 rings (SSSR count). The smallest absolute Gasteiger partial charge is 0.298 e. The molecule has 0 atom stereocenters. The molecule has 2 aromatic rings. The number of hydrogen-bond acceptors (Lipinski definition) is 5. The lowest BCUT2D eigenvalue weighted by Crippen LogP contribution is -1.91. The van der Waals surface area contributed by atoms with Crippen LogP contribution < -0.4 is 4.74 Å². The van der Waals surface area contributed by atoms with Crippen molar-refractivity contribution < 1.29 is 9.84 Å². The Morgan fingerprint density at radius 3 is 2.94 bits per heavy atom. The Bertz CT molecular complexity index is 523. The number of rotatable bonds is 4. The lowest BCUT2D eigenvalue weighted by molar-refractivity contribution is 0.276. The van der Waals surface area contributed by atoms with Gasteiger partial charge in [-0.25, -0.2) is 0 Å². The summed E-state index contributed by atoms with van der Waals surface area (Å²) in [5.74, 6) is 2.08. The van der Waals surface area contributed by atoms with Crippen molar-refractivity contribution in [2.75, 3.05) is 0 Å². The van der Waals surface area contributed by atoms with E-state index in [9.17, 15) is 5.11 Å². The van der Waals surface area contributed by atoms with Crippen LogP contribution in [0.15, 0.2) is 24.3 Å². The normalized spacial score (nSPS) is 14.9. The molecule has 0 radical (unpaired) electrons. The topological polar surface area (TPSA) is 55.2 Å². The number of ether oxygens (including phenoxy) is 1. The maximum absolute atomic E-state index is 9.19. The van der Waals surface area contributed by atoms with E-state index < -0.39 is 0 Å². The number of hydrogen-bond donors (Lipinski definition) is 1. The highest BCUT2D eigenvalue weighted by Gasteiger charge is 2.28. The van der Waals surface area contributed by atoms with Crippen LogP contribution in [0.5, 0.6) is 10.9 Å². The van der Waals surface area contributed by atoms with Crippen LogP contribution in [0, 0.1) is 0 Å². The van der Waals surface area contributed by atoms with Gasteiger partial charge in [-0.15, -0.1) is 0 Å². The Balaban J connectivity index is 1.80. The number of para-hydroxylation sites is 1. The van der Waals surface area contributed by atoms with Crippen molar-refractivity contribution in [1.82, 2.24) is 9.36 Å². The molecule has 0 unspecified atom stereocenters. The van der Waals surface area contributed by atoms with Crippen LogP contribution in [-0.2, 0) is 6.61 Å². The summed E-state index contributed by atoms with van der Waals surface area (Å²) in [6.45, 7) is -0.0372. The Morgan fingerprint density at radius 1 is 1.35 bits per heavy atom. The summed E-state index contributed by atoms with van der Waals surface area (Å²) >= 11 is 1.27. The zero-order chi connectivity index (χ0) is 11.7. The maximum atomic E-state index is 9.19. The molecule has 1 N–H and O–H groups in total. The standard InChI is InChI=1S/C12H12N2O2S/c15-7-9-3-1-2-4-10(9)16-12-13-11(14-17-12)8-5-6-8/h1-4,8,15H,5-7H2. The summed E-state index contributed by atoms with van der Waals surface area (Å²) in [6, 6.07) is 7.40. The molecule has 1 aromatic heterocycles. The van der Waals surface area contributed by atoms with E-state index in [0.717, 1.165) is 11.4 Å². The molecular weight excluding hydrogens is 236 g/mol. The minimum absolute atomic E-state index is 0.0372. The number of aliphatic hydroxyl groups excluding tert-OH is 1. The Morgan fingerprint density at radius 2 is 2.18 bits per heavy atom. The van der Waals surface area contributed by atoms with Gasteiger partial charge in [0.25, 0.3) is 5.19 Å². The summed E-state index contributed by atoms with van der Waals surface area (Å²) in [4.78, 5) is 4.35. The van der Waals surface area contributed by atoms with Gasteiger partial charge in [0.05, 0.1) is 6.61 Å². The van der Waals surface area contributed by atoms with Crippen LogP contribution >= 0.6 is 11.5 Å². The minimum atomic E-state index is -0.0372. The van der Waals surface area contributed by atoms with E-state index in [4.69, 9.17) is 4.74 Å². The molecular formula is C12H12N2O2S. The van der Waals surface area contributed by atoms with Crippen LogP contribution in [0.1, 0.15) is 30.1 Å². The zero-order valence-electron chi connectivity index (χ0n) is 9.17. The van der Waals surface area contributed by atoms with Gasteiger partial charge >= 0.3 is 0 Å². The van der Waals surface area contributed by atoms with Crippen LogP contribution in [0.4, 0.5) is 0 Å². The first-order chi connectivity index (χ1) is 8.36. The molecule has 4 nitrogen and oxygen atoms in total. The van der Waals surface area contributed by atoms with Gasteiger partial charge in [0, 0.05) is 23.0 Å². The average molecular weight is 248 g/mol. The van der Waals surface area contributed by atoms with Crippen molar-refractivity contribution in [3.05, 3.63) is 35.7 Å². The average Bonchev–Trinajstić information content (AvgIpc) is 3.11. The minimum Gasteiger partial charge on any atom is -0.429 e. The highest BCUT2D eigenvalue weighted by molar-refractivity contribution is 7.07. The Kier molecular flexibility index (Phi) is 2.78. The largest absolute Gasteiger partial charge is 0.429 e. The molecule has 1 aromatic carbocycles. The van der Waals surface area contributed by atoms with E-state index in [0.29, 0.717) is 16.9 Å². The van der Waals surface area contributed by atoms with E-state index in [-0.39, 0.29) is 6.61 Å². The fourth-order valence-corrected chi connectivity index (χ4v) is 2.22. The molecule has 1 heterocycles. The predicted octanol–water partition coefficient (Wildman–Crippen LogP) is 2.70. The van der Waals surface area contributed by atoms with Gasteiger partial charge in [-0.05, 0) is 18.9 Å². The monoisotopic (exact) mass is 248 g/mol. The molecule has 1 aliphatic carbocycles. The molecule has 88 valence electrons. The summed E-state index contributed by atoms with van der Waals surface area (Å²) in [5.41, 5.74) is 0.760. The molecule has 17 heavy (non-hydrogen) atoms. The third-order valence-corrected chi connectivity index (χ3v) is 3.31. The second kappa shape index (κ2) is 4.43. The summed E-state index contributed by atoms with van der Waals surface area (Å²) < 4.78 is 9.92. The van der Waals surface area contributed by atoms with Crippen molar-refractivity contribution in [3.63, 3.8) is 0 Å². The molecule has 1 aliphatic rings. The lowest BCUT2D eigenvalue weighted by Gasteiger charge is -2.05. The molecule has 0 spiro atoms. The zero-order valence-corrected chi connectivity index (χ0v) is 9.98. The van der Waals surface area contributed by atoms with E-state index in [2.05, 4.69) is 9.36 Å². The molecule has 0 aliphatic heterocycles. The van der Waals surface area contributed by atoms with Crippen molar-refractivity contribution >= 4 is 11.5 Å². The summed E-state index contributed by atoms with van der Waals surface area (Å²) in [7, 11) is 0. The molecule has 0 bridgehead atoms. The Labute approximate surface area is 103 Å². The predicted molar refractivity (Wildman–Crippen MR) is 64.3 cm³/mol. The van der Waals surface area contributed by atoms with Gasteiger partial charge in [0.2, 0.25) is 0 Å². The fraction of sp³-hybridized carbons (Fsp3) is 0.333. The third kappa shape index (κ3) is 2.30. The van der Waals surface area contributed by atoms with Crippen LogP contribution in [0.3, 0.4) is 0 Å². The first-order valence-corrected chi connectivity index (χ1v) is 6.34. The van der Waals surface area contributed by atoms with Crippen LogP contribution in [-0.4, -0.2) is 14.5 Å². The highest BCUT2D eigenvalue weighted by atomic mass is 32.1. The van der Waals surface area contributed by atoms with Gasteiger partial charge in [-0.1, -0.05) is 18.2 Å². The van der Waals surface area contributed by atoms with Gasteiger partial charge in [-0.3, -0.25) is 0 Å². The van der Waals surface area contributed by atoms with Gasteiger partial charge in [-0.2, -0.15) is 9.36 Å². The fourth-order valence-electron chi connectivity index (χ4n) is 1.60. The van der Waals surface area contributed by atoms with E-state index in [1.807, 2.05) is 24.3 Å². The summed E-state index contributed by atoms with van der Waals surface area (Å²) in [6.07, 6.45) is 2.37. The van der Waals surface area contributed by atoms with Gasteiger partial charge in [0.1, 0.15) is 11.6 Å². The van der Waals surface area contributed by atoms with Gasteiger partial charge in [0.15, 0.2) is 0 Å². The quantitative estimate of drug-likeness (QED) is 0.903. The van der Waals surface area contributed by atoms with E-state index in [1.165, 1.54) is 24.4 Å². The summed E-state index contributed by atoms with van der Waals surface area (Å²) in [5, 5.41) is 9.74. The number of nitrogens with zero attached hydrogens (tertiary/aromatic N) is 2. The molecule has 1 saturated carbocycles. The Hall–Kier alpha value is -1.46.